The van der Waals surface area contributed by atoms with E-state index in [0.717, 1.165) is 23.2 Å². The van der Waals surface area contributed by atoms with E-state index in [1.54, 1.807) is 6.33 Å². The van der Waals surface area contributed by atoms with Crippen LogP contribution in [0.15, 0.2) is 79.1 Å². The molecule has 5 heteroatoms. The van der Waals surface area contributed by atoms with Crippen molar-refractivity contribution in [3.8, 4) is 5.75 Å². The minimum absolute atomic E-state index is 0.0117. The highest BCUT2D eigenvalue weighted by molar-refractivity contribution is 5.97. The molecule has 0 spiro atoms. The zero-order valence-corrected chi connectivity index (χ0v) is 15.9. The van der Waals surface area contributed by atoms with E-state index < -0.39 is 0 Å². The number of carbonyl (C=O) groups is 1. The summed E-state index contributed by atoms with van der Waals surface area (Å²) >= 11 is 0. The number of para-hydroxylation sites is 1. The van der Waals surface area contributed by atoms with Gasteiger partial charge in [0.05, 0.1) is 23.4 Å². The van der Waals surface area contributed by atoms with E-state index in [9.17, 15) is 4.79 Å². The SMILES string of the molecule is O=C(c1ccc2nc[nH]c2c1)N1Cc2ccccc2CC1COc1ccccc1. The van der Waals surface area contributed by atoms with Crippen LogP contribution in [0.4, 0.5) is 0 Å². The van der Waals surface area contributed by atoms with Gasteiger partial charge in [0.1, 0.15) is 12.4 Å². The van der Waals surface area contributed by atoms with Crippen LogP contribution in [-0.2, 0) is 13.0 Å². The van der Waals surface area contributed by atoms with Gasteiger partial charge >= 0.3 is 0 Å². The fourth-order valence-corrected chi connectivity index (χ4v) is 3.92. The van der Waals surface area contributed by atoms with Crippen molar-refractivity contribution in [3.63, 3.8) is 0 Å². The number of benzene rings is 3. The fourth-order valence-electron chi connectivity index (χ4n) is 3.92. The van der Waals surface area contributed by atoms with Gasteiger partial charge in [-0.2, -0.15) is 0 Å². The van der Waals surface area contributed by atoms with Crippen molar-refractivity contribution in [1.82, 2.24) is 14.9 Å². The predicted molar refractivity (Wildman–Crippen MR) is 112 cm³/mol. The number of amides is 1. The van der Waals surface area contributed by atoms with Gasteiger partial charge in [0.15, 0.2) is 0 Å². The molecular formula is C24H21N3O2. The summed E-state index contributed by atoms with van der Waals surface area (Å²) in [5.74, 6) is 0.829. The summed E-state index contributed by atoms with van der Waals surface area (Å²) in [7, 11) is 0. The molecule has 5 nitrogen and oxygen atoms in total. The third-order valence-corrected chi connectivity index (χ3v) is 5.47. The maximum atomic E-state index is 13.4. The van der Waals surface area contributed by atoms with E-state index in [2.05, 4.69) is 28.2 Å². The zero-order valence-electron chi connectivity index (χ0n) is 15.9. The van der Waals surface area contributed by atoms with Crippen LogP contribution >= 0.6 is 0 Å². The minimum Gasteiger partial charge on any atom is -0.491 e. The van der Waals surface area contributed by atoms with Crippen LogP contribution in [0.5, 0.6) is 5.75 Å². The maximum Gasteiger partial charge on any atom is 0.254 e. The fraction of sp³-hybridized carbons (Fsp3) is 0.167. The Morgan fingerprint density at radius 3 is 2.69 bits per heavy atom. The highest BCUT2D eigenvalue weighted by atomic mass is 16.5. The molecule has 0 fully saturated rings. The number of aromatic amines is 1. The second kappa shape index (κ2) is 7.43. The Morgan fingerprint density at radius 1 is 1.03 bits per heavy atom. The summed E-state index contributed by atoms with van der Waals surface area (Å²) in [6, 6.07) is 23.6. The van der Waals surface area contributed by atoms with E-state index in [1.165, 1.54) is 11.1 Å². The highest BCUT2D eigenvalue weighted by Crippen LogP contribution is 2.26. The van der Waals surface area contributed by atoms with Crippen LogP contribution in [0.1, 0.15) is 21.5 Å². The Kier molecular flexibility index (Phi) is 4.48. The van der Waals surface area contributed by atoms with Gasteiger partial charge in [-0.1, -0.05) is 42.5 Å². The monoisotopic (exact) mass is 383 g/mol. The molecule has 1 aliphatic heterocycles. The van der Waals surface area contributed by atoms with E-state index in [0.29, 0.717) is 18.7 Å². The summed E-state index contributed by atoms with van der Waals surface area (Å²) in [6.07, 6.45) is 2.42. The van der Waals surface area contributed by atoms with E-state index >= 15 is 0 Å². The molecular weight excluding hydrogens is 362 g/mol. The second-order valence-electron chi connectivity index (χ2n) is 7.32. The molecule has 3 aromatic carbocycles. The predicted octanol–water partition coefficient (Wildman–Crippen LogP) is 4.21. The molecule has 144 valence electrons. The first-order valence-corrected chi connectivity index (χ1v) is 9.77. The van der Waals surface area contributed by atoms with Gasteiger partial charge in [-0.15, -0.1) is 0 Å². The molecule has 4 aromatic rings. The number of carbonyl (C=O) groups excluding carboxylic acids is 1. The topological polar surface area (TPSA) is 58.2 Å². The number of imidazole rings is 1. The number of H-pyrrole nitrogens is 1. The lowest BCUT2D eigenvalue weighted by molar-refractivity contribution is 0.0566. The molecule has 1 atom stereocenters. The quantitative estimate of drug-likeness (QED) is 0.574. The lowest BCUT2D eigenvalue weighted by Crippen LogP contribution is -2.47. The molecule has 1 amide bonds. The number of nitrogens with zero attached hydrogens (tertiary/aromatic N) is 2. The molecule has 0 aliphatic carbocycles. The smallest absolute Gasteiger partial charge is 0.254 e. The third kappa shape index (κ3) is 3.47. The Labute approximate surface area is 169 Å². The van der Waals surface area contributed by atoms with Gasteiger partial charge in [-0.25, -0.2) is 4.98 Å². The zero-order chi connectivity index (χ0) is 19.6. The lowest BCUT2D eigenvalue weighted by atomic mass is 9.93. The molecule has 2 heterocycles. The number of hydrogen-bond donors (Lipinski definition) is 1. The summed E-state index contributed by atoms with van der Waals surface area (Å²) in [5.41, 5.74) is 4.85. The maximum absolute atomic E-state index is 13.4. The largest absolute Gasteiger partial charge is 0.491 e. The molecule has 0 saturated carbocycles. The van der Waals surface area contributed by atoms with E-state index in [1.807, 2.05) is 59.5 Å². The first kappa shape index (κ1) is 17.5. The average Bonchev–Trinajstić information content (AvgIpc) is 3.25. The van der Waals surface area contributed by atoms with Crippen molar-refractivity contribution in [2.45, 2.75) is 19.0 Å². The standard InChI is InChI=1S/C24H21N3O2/c28-24(18-10-11-22-23(13-18)26-16-25-22)27-14-19-7-5-4-6-17(19)12-20(27)15-29-21-8-2-1-3-9-21/h1-11,13,16,20H,12,14-15H2,(H,25,26). The van der Waals surface area contributed by atoms with Crippen LogP contribution < -0.4 is 4.74 Å². The molecule has 1 unspecified atom stereocenters. The van der Waals surface area contributed by atoms with Gasteiger partial charge in [0, 0.05) is 12.1 Å². The number of fused-ring (bicyclic) bond motifs is 2. The number of hydrogen-bond acceptors (Lipinski definition) is 3. The first-order valence-electron chi connectivity index (χ1n) is 9.77. The van der Waals surface area contributed by atoms with Crippen molar-refractivity contribution in [2.24, 2.45) is 0 Å². The number of aromatic nitrogens is 2. The molecule has 0 radical (unpaired) electrons. The minimum atomic E-state index is -0.0323. The van der Waals surface area contributed by atoms with Crippen LogP contribution in [0.2, 0.25) is 0 Å². The van der Waals surface area contributed by atoms with Crippen LogP contribution in [0, 0.1) is 0 Å². The summed E-state index contributed by atoms with van der Waals surface area (Å²) < 4.78 is 6.02. The summed E-state index contributed by atoms with van der Waals surface area (Å²) in [5, 5.41) is 0. The van der Waals surface area contributed by atoms with Crippen LogP contribution in [0.3, 0.4) is 0 Å². The Balaban J connectivity index is 1.44. The molecule has 0 bridgehead atoms. The Morgan fingerprint density at radius 2 is 1.83 bits per heavy atom. The van der Waals surface area contributed by atoms with E-state index in [-0.39, 0.29) is 11.9 Å². The normalized spacial score (nSPS) is 15.9. The third-order valence-electron chi connectivity index (χ3n) is 5.47. The first-order chi connectivity index (χ1) is 14.3. The van der Waals surface area contributed by atoms with Gasteiger partial charge in [0.25, 0.3) is 5.91 Å². The summed E-state index contributed by atoms with van der Waals surface area (Å²) in [4.78, 5) is 22.7. The molecule has 5 rings (SSSR count). The number of nitrogens with one attached hydrogen (secondary N) is 1. The van der Waals surface area contributed by atoms with Gasteiger partial charge in [-0.05, 0) is 47.9 Å². The van der Waals surface area contributed by atoms with Crippen molar-refractivity contribution in [2.75, 3.05) is 6.61 Å². The molecule has 1 aliphatic rings. The van der Waals surface area contributed by atoms with Gasteiger partial charge in [-0.3, -0.25) is 4.79 Å². The van der Waals surface area contributed by atoms with Crippen molar-refractivity contribution in [3.05, 3.63) is 95.8 Å². The van der Waals surface area contributed by atoms with Crippen molar-refractivity contribution in [1.29, 1.82) is 0 Å². The number of rotatable bonds is 4. The Hall–Kier alpha value is -3.60. The van der Waals surface area contributed by atoms with Gasteiger partial charge in [0.2, 0.25) is 0 Å². The summed E-state index contributed by atoms with van der Waals surface area (Å²) in [6.45, 7) is 1.04. The number of ether oxygens (including phenoxy) is 1. The van der Waals surface area contributed by atoms with Gasteiger partial charge < -0.3 is 14.6 Å². The van der Waals surface area contributed by atoms with E-state index in [4.69, 9.17) is 4.74 Å². The second-order valence-corrected chi connectivity index (χ2v) is 7.32. The average molecular weight is 383 g/mol. The van der Waals surface area contributed by atoms with Crippen LogP contribution in [-0.4, -0.2) is 33.4 Å². The molecule has 29 heavy (non-hydrogen) atoms. The highest BCUT2D eigenvalue weighted by Gasteiger charge is 2.31. The van der Waals surface area contributed by atoms with Crippen LogP contribution in [0.25, 0.3) is 11.0 Å². The lowest BCUT2D eigenvalue weighted by Gasteiger charge is -2.37. The molecule has 1 aromatic heterocycles. The van der Waals surface area contributed by atoms with Crippen molar-refractivity contribution < 1.29 is 9.53 Å². The molecule has 1 N–H and O–H groups in total. The Bertz CT molecular complexity index is 1150. The van der Waals surface area contributed by atoms with Crippen molar-refractivity contribution >= 4 is 16.9 Å². The molecule has 0 saturated heterocycles.